The summed E-state index contributed by atoms with van der Waals surface area (Å²) in [7, 11) is 0. The fourth-order valence-electron chi connectivity index (χ4n) is 2.32. The van der Waals surface area contributed by atoms with Crippen molar-refractivity contribution in [1.29, 1.82) is 0 Å². The molecule has 1 aliphatic carbocycles. The molecule has 0 bridgehead atoms. The maximum atomic E-state index is 12.5. The highest BCUT2D eigenvalue weighted by Crippen LogP contribution is 2.30. The molecule has 3 rings (SSSR count). The van der Waals surface area contributed by atoms with Gasteiger partial charge >= 0.3 is 6.18 Å². The Kier molecular flexibility index (Phi) is 3.29. The van der Waals surface area contributed by atoms with Gasteiger partial charge in [-0.25, -0.2) is 4.98 Å². The molecule has 2 aromatic rings. The fraction of sp³-hybridized carbons (Fsp3) is 0.500. The third-order valence-corrected chi connectivity index (χ3v) is 4.17. The maximum Gasteiger partial charge on any atom is 0.434 e. The summed E-state index contributed by atoms with van der Waals surface area (Å²) in [5, 5.41) is 15.2. The maximum absolute atomic E-state index is 12.5. The third-order valence-electron chi connectivity index (χ3n) is 3.34. The number of nitrogens with zero attached hydrogens (tertiary/aromatic N) is 3. The number of fused-ring (bicyclic) bond motifs is 1. The summed E-state index contributed by atoms with van der Waals surface area (Å²) in [5.41, 5.74) is 1.09. The van der Waals surface area contributed by atoms with Crippen LogP contribution in [-0.2, 0) is 25.6 Å². The van der Waals surface area contributed by atoms with E-state index < -0.39 is 18.0 Å². The Hall–Kier alpha value is -1.41. The molecular weight excluding hydrogens is 291 g/mol. The minimum atomic E-state index is -4.41. The molecule has 4 nitrogen and oxygen atoms in total. The zero-order chi connectivity index (χ0) is 14.3. The smallest absolute Gasteiger partial charge is 0.393 e. The van der Waals surface area contributed by atoms with E-state index in [4.69, 9.17) is 0 Å². The van der Waals surface area contributed by atoms with Gasteiger partial charge in [0.05, 0.1) is 18.8 Å². The first-order valence-electron chi connectivity index (χ1n) is 6.16. The molecule has 0 saturated heterocycles. The predicted octanol–water partition coefficient (Wildman–Crippen LogP) is 2.26. The van der Waals surface area contributed by atoms with E-state index in [0.29, 0.717) is 17.8 Å². The molecule has 0 aromatic carbocycles. The lowest BCUT2D eigenvalue weighted by Gasteiger charge is -2.18. The van der Waals surface area contributed by atoms with Crippen molar-refractivity contribution in [2.45, 2.75) is 38.1 Å². The summed E-state index contributed by atoms with van der Waals surface area (Å²) < 4.78 is 39.1. The standard InChI is InChI=1S/C12H12F3N3OS/c13-12(14,15)10-6-20-11(17-10)5-18-9-3-8(19)2-1-7(9)4-16-18/h4,6,8,19H,1-3,5H2/t8-/m0/s1. The van der Waals surface area contributed by atoms with E-state index in [1.165, 1.54) is 0 Å². The zero-order valence-electron chi connectivity index (χ0n) is 10.4. The molecule has 0 radical (unpaired) electrons. The second-order valence-electron chi connectivity index (χ2n) is 4.80. The number of aliphatic hydroxyl groups is 1. The third kappa shape index (κ3) is 2.57. The number of aliphatic hydroxyl groups excluding tert-OH is 1. The molecule has 1 atom stereocenters. The first-order chi connectivity index (χ1) is 9.43. The Labute approximate surface area is 116 Å². The molecule has 108 valence electrons. The minimum absolute atomic E-state index is 0.211. The number of alkyl halides is 3. The van der Waals surface area contributed by atoms with Crippen LogP contribution in [0.25, 0.3) is 0 Å². The highest BCUT2D eigenvalue weighted by Gasteiger charge is 2.33. The van der Waals surface area contributed by atoms with Crippen LogP contribution in [0.4, 0.5) is 13.2 Å². The fourth-order valence-corrected chi connectivity index (χ4v) is 3.10. The molecule has 1 N–H and O–H groups in total. The number of aryl methyl sites for hydroxylation is 1. The number of aromatic nitrogens is 3. The Balaban J connectivity index is 1.82. The molecule has 0 amide bonds. The van der Waals surface area contributed by atoms with Gasteiger partial charge in [0, 0.05) is 17.5 Å². The molecule has 0 fully saturated rings. The van der Waals surface area contributed by atoms with Gasteiger partial charge in [0.25, 0.3) is 0 Å². The van der Waals surface area contributed by atoms with Crippen molar-refractivity contribution < 1.29 is 18.3 Å². The van der Waals surface area contributed by atoms with Gasteiger partial charge in [-0.3, -0.25) is 4.68 Å². The number of rotatable bonds is 2. The lowest BCUT2D eigenvalue weighted by Crippen LogP contribution is -2.21. The highest BCUT2D eigenvalue weighted by molar-refractivity contribution is 7.09. The minimum Gasteiger partial charge on any atom is -0.393 e. The summed E-state index contributed by atoms with van der Waals surface area (Å²) in [5.74, 6) is 0. The van der Waals surface area contributed by atoms with Crippen LogP contribution >= 0.6 is 11.3 Å². The quantitative estimate of drug-likeness (QED) is 0.926. The van der Waals surface area contributed by atoms with Gasteiger partial charge in [-0.05, 0) is 18.4 Å². The zero-order valence-corrected chi connectivity index (χ0v) is 11.2. The first kappa shape index (κ1) is 13.6. The largest absolute Gasteiger partial charge is 0.434 e. The van der Waals surface area contributed by atoms with E-state index in [1.807, 2.05) is 0 Å². The number of thiazole rings is 1. The van der Waals surface area contributed by atoms with Crippen LogP contribution in [0.3, 0.4) is 0 Å². The predicted molar refractivity (Wildman–Crippen MR) is 66.5 cm³/mol. The number of hydrogen-bond donors (Lipinski definition) is 1. The van der Waals surface area contributed by atoms with E-state index >= 15 is 0 Å². The molecular formula is C12H12F3N3OS. The molecule has 1 aliphatic rings. The van der Waals surface area contributed by atoms with Crippen molar-refractivity contribution in [2.75, 3.05) is 0 Å². The van der Waals surface area contributed by atoms with Crippen LogP contribution in [0.15, 0.2) is 11.6 Å². The van der Waals surface area contributed by atoms with Gasteiger partial charge in [-0.2, -0.15) is 18.3 Å². The van der Waals surface area contributed by atoms with Crippen molar-refractivity contribution in [3.63, 3.8) is 0 Å². The van der Waals surface area contributed by atoms with E-state index in [2.05, 4.69) is 10.1 Å². The van der Waals surface area contributed by atoms with Crippen LogP contribution in [0.2, 0.25) is 0 Å². The second-order valence-corrected chi connectivity index (χ2v) is 5.74. The average molecular weight is 303 g/mol. The van der Waals surface area contributed by atoms with Gasteiger partial charge in [0.1, 0.15) is 5.01 Å². The molecule has 0 saturated carbocycles. The van der Waals surface area contributed by atoms with Crippen molar-refractivity contribution in [2.24, 2.45) is 0 Å². The molecule has 0 spiro atoms. The Morgan fingerprint density at radius 2 is 2.25 bits per heavy atom. The summed E-state index contributed by atoms with van der Waals surface area (Å²) in [6, 6.07) is 0. The van der Waals surface area contributed by atoms with Gasteiger partial charge in [-0.15, -0.1) is 11.3 Å². The number of hydrogen-bond acceptors (Lipinski definition) is 4. The van der Waals surface area contributed by atoms with E-state index in [1.54, 1.807) is 10.9 Å². The molecule has 20 heavy (non-hydrogen) atoms. The average Bonchev–Trinajstić information content (AvgIpc) is 2.97. The molecule has 2 heterocycles. The van der Waals surface area contributed by atoms with Gasteiger partial charge in [0.2, 0.25) is 0 Å². The van der Waals surface area contributed by atoms with Gasteiger partial charge in [-0.1, -0.05) is 0 Å². The van der Waals surface area contributed by atoms with Gasteiger partial charge in [0.15, 0.2) is 5.69 Å². The van der Waals surface area contributed by atoms with Crippen LogP contribution in [0.1, 0.15) is 28.4 Å². The van der Waals surface area contributed by atoms with Crippen molar-refractivity contribution in [3.05, 3.63) is 33.5 Å². The second kappa shape index (κ2) is 4.85. The normalized spacial score (nSPS) is 19.1. The summed E-state index contributed by atoms with van der Waals surface area (Å²) in [6.07, 6.45) is -1.14. The van der Waals surface area contributed by atoms with E-state index in [9.17, 15) is 18.3 Å². The SMILES string of the molecule is O[C@H]1CCc2cnn(Cc3nc(C(F)(F)F)cs3)c2C1. The lowest BCUT2D eigenvalue weighted by atomic mass is 9.96. The monoisotopic (exact) mass is 303 g/mol. The topological polar surface area (TPSA) is 50.9 Å². The van der Waals surface area contributed by atoms with E-state index in [-0.39, 0.29) is 6.54 Å². The lowest BCUT2D eigenvalue weighted by molar-refractivity contribution is -0.140. The Morgan fingerprint density at radius 1 is 1.45 bits per heavy atom. The molecule has 8 heteroatoms. The molecule has 2 aromatic heterocycles. The van der Waals surface area contributed by atoms with Crippen molar-refractivity contribution in [1.82, 2.24) is 14.8 Å². The van der Waals surface area contributed by atoms with Crippen molar-refractivity contribution in [3.8, 4) is 0 Å². The first-order valence-corrected chi connectivity index (χ1v) is 7.04. The van der Waals surface area contributed by atoms with E-state index in [0.717, 1.165) is 34.4 Å². The summed E-state index contributed by atoms with van der Waals surface area (Å²) in [4.78, 5) is 3.59. The van der Waals surface area contributed by atoms with Crippen LogP contribution in [-0.4, -0.2) is 26.0 Å². The number of halogens is 3. The Morgan fingerprint density at radius 3 is 2.95 bits per heavy atom. The summed E-state index contributed by atoms with van der Waals surface area (Å²) >= 11 is 0.972. The van der Waals surface area contributed by atoms with Gasteiger partial charge < -0.3 is 5.11 Å². The summed E-state index contributed by atoms with van der Waals surface area (Å²) in [6.45, 7) is 0.211. The van der Waals surface area contributed by atoms with Crippen LogP contribution in [0.5, 0.6) is 0 Å². The molecule has 0 unspecified atom stereocenters. The molecule has 0 aliphatic heterocycles. The van der Waals surface area contributed by atoms with Crippen molar-refractivity contribution >= 4 is 11.3 Å². The Bertz CT molecular complexity index is 620. The van der Waals surface area contributed by atoms with Crippen LogP contribution < -0.4 is 0 Å². The van der Waals surface area contributed by atoms with Crippen LogP contribution in [0, 0.1) is 0 Å². The highest BCUT2D eigenvalue weighted by atomic mass is 32.1.